The van der Waals surface area contributed by atoms with E-state index in [4.69, 9.17) is 10.2 Å². The molecule has 0 radical (unpaired) electrons. The summed E-state index contributed by atoms with van der Waals surface area (Å²) in [5, 5.41) is 0.224. The van der Waals surface area contributed by atoms with Crippen LogP contribution in [0.5, 0.6) is 0 Å². The zero-order valence-corrected chi connectivity index (χ0v) is 19.2. The molecule has 152 valence electrons. The Kier molecular flexibility index (Phi) is 6.36. The first-order chi connectivity index (χ1) is 13.2. The molecule has 0 amide bonds. The van der Waals surface area contributed by atoms with E-state index in [1.807, 2.05) is 12.1 Å². The summed E-state index contributed by atoms with van der Waals surface area (Å²) in [7, 11) is -1.83. The van der Waals surface area contributed by atoms with E-state index in [9.17, 15) is 0 Å². The summed E-state index contributed by atoms with van der Waals surface area (Å²) in [4.78, 5) is 0. The Hall–Kier alpha value is -1.58. The van der Waals surface area contributed by atoms with Gasteiger partial charge in [-0.1, -0.05) is 63.2 Å². The molecule has 0 heterocycles. The zero-order chi connectivity index (χ0) is 20.4. The third-order valence-electron chi connectivity index (χ3n) is 6.87. The van der Waals surface area contributed by atoms with E-state index in [0.29, 0.717) is 5.92 Å². The Morgan fingerprint density at radius 3 is 2.25 bits per heavy atom. The molecule has 1 unspecified atom stereocenters. The number of nitrogens with two attached hydrogens (primary N) is 1. The van der Waals surface area contributed by atoms with Crippen molar-refractivity contribution in [3.63, 3.8) is 0 Å². The normalized spacial score (nSPS) is 21.6. The van der Waals surface area contributed by atoms with Gasteiger partial charge in [-0.05, 0) is 78.9 Å². The lowest BCUT2D eigenvalue weighted by atomic mass is 9.91. The summed E-state index contributed by atoms with van der Waals surface area (Å²) in [6, 6.07) is 19.3. The molecular formula is C25H37NOSi. The van der Waals surface area contributed by atoms with Gasteiger partial charge in [0.15, 0.2) is 8.32 Å². The first kappa shape index (κ1) is 21.1. The lowest BCUT2D eigenvalue weighted by molar-refractivity contribution is 0.118. The Morgan fingerprint density at radius 2 is 1.64 bits per heavy atom. The largest absolute Gasteiger partial charge is 0.410 e. The summed E-state index contributed by atoms with van der Waals surface area (Å²) < 4.78 is 7.01. The van der Waals surface area contributed by atoms with Crippen molar-refractivity contribution in [1.82, 2.24) is 0 Å². The summed E-state index contributed by atoms with van der Waals surface area (Å²) in [5.41, 5.74) is 9.45. The Balaban J connectivity index is 1.75. The molecule has 2 aromatic carbocycles. The molecule has 2 N–H and O–H groups in total. The van der Waals surface area contributed by atoms with Gasteiger partial charge in [0.25, 0.3) is 0 Å². The van der Waals surface area contributed by atoms with Crippen molar-refractivity contribution in [3.8, 4) is 0 Å². The van der Waals surface area contributed by atoms with E-state index >= 15 is 0 Å². The fourth-order valence-electron chi connectivity index (χ4n) is 4.13. The second kappa shape index (κ2) is 8.42. The van der Waals surface area contributed by atoms with Crippen molar-refractivity contribution in [2.75, 3.05) is 5.73 Å². The van der Waals surface area contributed by atoms with E-state index < -0.39 is 8.32 Å². The molecule has 2 nitrogen and oxygen atoms in total. The van der Waals surface area contributed by atoms with Crippen LogP contribution >= 0.6 is 0 Å². The second-order valence-corrected chi connectivity index (χ2v) is 14.9. The highest BCUT2D eigenvalue weighted by molar-refractivity contribution is 6.74. The van der Waals surface area contributed by atoms with Crippen LogP contribution < -0.4 is 5.73 Å². The molecule has 3 atom stereocenters. The van der Waals surface area contributed by atoms with Gasteiger partial charge >= 0.3 is 0 Å². The fraction of sp³-hybridized carbons (Fsp3) is 0.520. The van der Waals surface area contributed by atoms with Crippen molar-refractivity contribution < 1.29 is 4.43 Å². The van der Waals surface area contributed by atoms with Crippen molar-refractivity contribution in [3.05, 3.63) is 65.7 Å². The van der Waals surface area contributed by atoms with Crippen LogP contribution in [0, 0.1) is 11.8 Å². The van der Waals surface area contributed by atoms with Gasteiger partial charge in [-0.25, -0.2) is 0 Å². The van der Waals surface area contributed by atoms with Crippen LogP contribution in [0.3, 0.4) is 0 Å². The third-order valence-corrected chi connectivity index (χ3v) is 11.3. The number of benzene rings is 2. The van der Waals surface area contributed by atoms with E-state index in [0.717, 1.165) is 18.0 Å². The molecule has 1 aliphatic carbocycles. The lowest BCUT2D eigenvalue weighted by Crippen LogP contribution is -2.43. The number of hydrogen-bond donors (Lipinski definition) is 1. The molecular weight excluding hydrogens is 358 g/mol. The highest BCUT2D eigenvalue weighted by Crippen LogP contribution is 2.47. The summed E-state index contributed by atoms with van der Waals surface area (Å²) in [5.74, 6) is 1.35. The van der Waals surface area contributed by atoms with Gasteiger partial charge in [0.05, 0.1) is 6.10 Å². The standard InChI is InChI=1S/C25H37NOSi/c1-25(2,3)28(4,5)27-24(21-9-7-6-8-10-21)22-14-11-20(18-22)17-19-12-15-23(26)16-13-19/h6-10,12-13,15-16,20,22,24H,11,14,17-18,26H2,1-5H3/t20?,22-,24+/m0/s1. The predicted octanol–water partition coefficient (Wildman–Crippen LogP) is 6.99. The number of hydrogen-bond acceptors (Lipinski definition) is 2. The molecule has 1 fully saturated rings. The molecule has 3 rings (SSSR count). The first-order valence-corrected chi connectivity index (χ1v) is 13.6. The van der Waals surface area contributed by atoms with Gasteiger partial charge in [0, 0.05) is 5.69 Å². The van der Waals surface area contributed by atoms with Gasteiger partial charge in [-0.15, -0.1) is 0 Å². The molecule has 1 aliphatic rings. The van der Waals surface area contributed by atoms with E-state index in [2.05, 4.69) is 76.3 Å². The van der Waals surface area contributed by atoms with E-state index in [1.54, 1.807) is 0 Å². The average Bonchev–Trinajstić information content (AvgIpc) is 3.10. The highest BCUT2D eigenvalue weighted by atomic mass is 28.4. The SMILES string of the molecule is CC(C)(C)[Si](C)(C)O[C@H](c1ccccc1)[C@H]1CCC(Cc2ccc(N)cc2)C1. The maximum absolute atomic E-state index is 7.01. The summed E-state index contributed by atoms with van der Waals surface area (Å²) in [6.45, 7) is 11.8. The van der Waals surface area contributed by atoms with Crippen LogP contribution in [0.1, 0.15) is 57.3 Å². The highest BCUT2D eigenvalue weighted by Gasteiger charge is 2.42. The molecule has 0 aromatic heterocycles. The Labute approximate surface area is 172 Å². The minimum atomic E-state index is -1.83. The van der Waals surface area contributed by atoms with Gasteiger partial charge < -0.3 is 10.2 Å². The lowest BCUT2D eigenvalue weighted by Gasteiger charge is -2.41. The topological polar surface area (TPSA) is 35.2 Å². The summed E-state index contributed by atoms with van der Waals surface area (Å²) >= 11 is 0. The smallest absolute Gasteiger partial charge is 0.192 e. The van der Waals surface area contributed by atoms with Crippen LogP contribution in [0.25, 0.3) is 0 Å². The molecule has 3 heteroatoms. The monoisotopic (exact) mass is 395 g/mol. The maximum atomic E-state index is 7.01. The van der Waals surface area contributed by atoms with Crippen LogP contribution in [-0.4, -0.2) is 8.32 Å². The van der Waals surface area contributed by atoms with Gasteiger partial charge in [-0.3, -0.25) is 0 Å². The van der Waals surface area contributed by atoms with Crippen LogP contribution in [0.4, 0.5) is 5.69 Å². The summed E-state index contributed by atoms with van der Waals surface area (Å²) in [6.07, 6.45) is 5.17. The van der Waals surface area contributed by atoms with Gasteiger partial charge in [0.2, 0.25) is 0 Å². The van der Waals surface area contributed by atoms with Crippen LogP contribution in [0.15, 0.2) is 54.6 Å². The number of nitrogen functional groups attached to an aromatic ring is 1. The third kappa shape index (κ3) is 5.06. The first-order valence-electron chi connectivity index (χ1n) is 10.7. The van der Waals surface area contributed by atoms with Crippen molar-refractivity contribution >= 4 is 14.0 Å². The molecule has 0 aliphatic heterocycles. The predicted molar refractivity (Wildman–Crippen MR) is 123 cm³/mol. The quantitative estimate of drug-likeness (QED) is 0.422. The van der Waals surface area contributed by atoms with E-state index in [1.165, 1.54) is 30.4 Å². The Morgan fingerprint density at radius 1 is 1.00 bits per heavy atom. The molecule has 0 saturated heterocycles. The minimum absolute atomic E-state index is 0.221. The number of anilines is 1. The van der Waals surface area contributed by atoms with Gasteiger partial charge in [0.1, 0.15) is 0 Å². The van der Waals surface area contributed by atoms with Crippen molar-refractivity contribution in [2.24, 2.45) is 11.8 Å². The molecule has 2 aromatic rings. The zero-order valence-electron chi connectivity index (χ0n) is 18.2. The number of rotatable bonds is 6. The van der Waals surface area contributed by atoms with Crippen LogP contribution in [-0.2, 0) is 10.8 Å². The average molecular weight is 396 g/mol. The molecule has 0 spiro atoms. The molecule has 28 heavy (non-hydrogen) atoms. The maximum Gasteiger partial charge on any atom is 0.192 e. The minimum Gasteiger partial charge on any atom is -0.410 e. The fourth-order valence-corrected chi connectivity index (χ4v) is 5.45. The Bertz CT molecular complexity index is 748. The second-order valence-electron chi connectivity index (χ2n) is 10.1. The van der Waals surface area contributed by atoms with Crippen LogP contribution in [0.2, 0.25) is 18.1 Å². The van der Waals surface area contributed by atoms with Crippen molar-refractivity contribution in [1.29, 1.82) is 0 Å². The van der Waals surface area contributed by atoms with E-state index in [-0.39, 0.29) is 11.1 Å². The molecule has 0 bridgehead atoms. The van der Waals surface area contributed by atoms with Gasteiger partial charge in [-0.2, -0.15) is 0 Å². The molecule has 1 saturated carbocycles. The van der Waals surface area contributed by atoms with Crippen molar-refractivity contribution in [2.45, 2.75) is 70.7 Å².